The average molecular weight is 232 g/mol. The largest absolute Gasteiger partial charge is 0.336 e. The van der Waals surface area contributed by atoms with Crippen LogP contribution in [0.4, 0.5) is 4.39 Å². The highest BCUT2D eigenvalue weighted by Gasteiger charge is 2.32. The summed E-state index contributed by atoms with van der Waals surface area (Å²) < 4.78 is 13.1. The van der Waals surface area contributed by atoms with E-state index in [1.54, 1.807) is 13.0 Å². The van der Waals surface area contributed by atoms with Crippen molar-refractivity contribution in [1.29, 1.82) is 5.26 Å². The van der Waals surface area contributed by atoms with Crippen LogP contribution in [0.5, 0.6) is 0 Å². The smallest absolute Gasteiger partial charge is 0.252 e. The highest BCUT2D eigenvalue weighted by molar-refractivity contribution is 5.96. The molecule has 1 N–H and O–H groups in total. The van der Waals surface area contributed by atoms with Gasteiger partial charge in [0.25, 0.3) is 5.91 Å². The van der Waals surface area contributed by atoms with Crippen LogP contribution < -0.4 is 5.32 Å². The molecule has 1 aliphatic rings. The Balaban J connectivity index is 2.13. The van der Waals surface area contributed by atoms with Crippen molar-refractivity contribution in [1.82, 2.24) is 5.32 Å². The molecule has 1 atom stereocenters. The molecule has 17 heavy (non-hydrogen) atoms. The number of carbonyl (C=O) groups is 1. The molecule has 0 heterocycles. The third-order valence-electron chi connectivity index (χ3n) is 2.96. The van der Waals surface area contributed by atoms with Crippen LogP contribution in [0.15, 0.2) is 18.2 Å². The number of nitriles is 1. The molecule has 0 aromatic heterocycles. The molecule has 88 valence electrons. The Bertz CT molecular complexity index is 489. The molecule has 0 saturated heterocycles. The first kappa shape index (κ1) is 11.6. The summed E-state index contributed by atoms with van der Waals surface area (Å²) in [5.41, 5.74) is 1.00. The van der Waals surface area contributed by atoms with E-state index in [0.29, 0.717) is 11.1 Å². The Hall–Kier alpha value is -1.89. The lowest BCUT2D eigenvalue weighted by Crippen LogP contribution is -2.35. The van der Waals surface area contributed by atoms with Gasteiger partial charge in [0.15, 0.2) is 0 Å². The zero-order valence-electron chi connectivity index (χ0n) is 9.53. The average Bonchev–Trinajstić information content (AvgIpc) is 3.13. The topological polar surface area (TPSA) is 52.9 Å². The molecule has 1 unspecified atom stereocenters. The first-order valence-corrected chi connectivity index (χ1v) is 5.58. The summed E-state index contributed by atoms with van der Waals surface area (Å²) in [6.07, 6.45) is 1.95. The van der Waals surface area contributed by atoms with Gasteiger partial charge >= 0.3 is 0 Å². The summed E-state index contributed by atoms with van der Waals surface area (Å²) >= 11 is 0. The van der Waals surface area contributed by atoms with Crippen LogP contribution in [0.2, 0.25) is 0 Å². The lowest BCUT2D eigenvalue weighted by atomic mass is 10.1. The fourth-order valence-electron chi connectivity index (χ4n) is 1.74. The number of rotatable bonds is 3. The van der Waals surface area contributed by atoms with Crippen LogP contribution in [0.3, 0.4) is 0 Å². The lowest BCUT2D eigenvalue weighted by molar-refractivity contribution is 0.0941. The van der Waals surface area contributed by atoms with E-state index in [1.807, 2.05) is 0 Å². The zero-order valence-corrected chi connectivity index (χ0v) is 9.53. The number of hydrogen-bond acceptors (Lipinski definition) is 2. The van der Waals surface area contributed by atoms with Gasteiger partial charge in [-0.25, -0.2) is 4.39 Å². The molecule has 1 amide bonds. The van der Waals surface area contributed by atoms with Crippen molar-refractivity contribution in [2.24, 2.45) is 5.92 Å². The van der Waals surface area contributed by atoms with Crippen LogP contribution in [0.1, 0.15) is 28.8 Å². The van der Waals surface area contributed by atoms with Crippen molar-refractivity contribution >= 4 is 5.91 Å². The molecular formula is C13H13FN2O. The van der Waals surface area contributed by atoms with Crippen molar-refractivity contribution in [2.75, 3.05) is 0 Å². The lowest BCUT2D eigenvalue weighted by Gasteiger charge is -2.11. The molecule has 3 nitrogen and oxygen atoms in total. The van der Waals surface area contributed by atoms with E-state index >= 15 is 0 Å². The fraction of sp³-hybridized carbons (Fsp3) is 0.385. The highest BCUT2D eigenvalue weighted by atomic mass is 19.1. The van der Waals surface area contributed by atoms with E-state index in [2.05, 4.69) is 11.4 Å². The standard InChI is InChI=1S/C13H13FN2O/c1-8-2-5-10(14)6-11(8)13(17)16-12(7-15)9-3-4-9/h2,5-6,9,12H,3-4H2,1H3,(H,16,17). The molecule has 1 aromatic carbocycles. The third-order valence-corrected chi connectivity index (χ3v) is 2.96. The number of aryl methyl sites for hydroxylation is 1. The minimum Gasteiger partial charge on any atom is -0.336 e. The van der Waals surface area contributed by atoms with Crippen molar-refractivity contribution in [3.63, 3.8) is 0 Å². The van der Waals surface area contributed by atoms with E-state index < -0.39 is 11.9 Å². The van der Waals surface area contributed by atoms with Crippen LogP contribution in [-0.2, 0) is 0 Å². The molecule has 1 fully saturated rings. The van der Waals surface area contributed by atoms with Crippen molar-refractivity contribution in [2.45, 2.75) is 25.8 Å². The predicted molar refractivity (Wildman–Crippen MR) is 60.7 cm³/mol. The van der Waals surface area contributed by atoms with Crippen molar-refractivity contribution < 1.29 is 9.18 Å². The number of amides is 1. The first-order chi connectivity index (χ1) is 8.11. The number of halogens is 1. The number of benzene rings is 1. The van der Waals surface area contributed by atoms with Gasteiger partial charge in [0, 0.05) is 5.56 Å². The second-order valence-corrected chi connectivity index (χ2v) is 4.38. The van der Waals surface area contributed by atoms with Gasteiger partial charge in [-0.05, 0) is 43.4 Å². The maximum Gasteiger partial charge on any atom is 0.252 e. The van der Waals surface area contributed by atoms with E-state index in [9.17, 15) is 9.18 Å². The quantitative estimate of drug-likeness (QED) is 0.868. The maximum atomic E-state index is 13.1. The van der Waals surface area contributed by atoms with Gasteiger partial charge in [-0.1, -0.05) is 6.07 Å². The van der Waals surface area contributed by atoms with Crippen LogP contribution >= 0.6 is 0 Å². The molecule has 0 bridgehead atoms. The Labute approximate surface area is 99.2 Å². The van der Waals surface area contributed by atoms with E-state index in [0.717, 1.165) is 12.8 Å². The second-order valence-electron chi connectivity index (χ2n) is 4.38. The van der Waals surface area contributed by atoms with Gasteiger partial charge in [-0.15, -0.1) is 0 Å². The Morgan fingerprint density at radius 1 is 1.59 bits per heavy atom. The predicted octanol–water partition coefficient (Wildman–Crippen LogP) is 2.17. The van der Waals surface area contributed by atoms with Crippen LogP contribution in [-0.4, -0.2) is 11.9 Å². The van der Waals surface area contributed by atoms with Gasteiger partial charge in [0.05, 0.1) is 6.07 Å². The van der Waals surface area contributed by atoms with Gasteiger partial charge in [0.1, 0.15) is 11.9 Å². The molecule has 0 spiro atoms. The van der Waals surface area contributed by atoms with Gasteiger partial charge in [0.2, 0.25) is 0 Å². The number of carbonyl (C=O) groups excluding carboxylic acids is 1. The first-order valence-electron chi connectivity index (χ1n) is 5.58. The third kappa shape index (κ3) is 2.62. The molecule has 2 rings (SSSR count). The zero-order chi connectivity index (χ0) is 12.4. The van der Waals surface area contributed by atoms with Crippen LogP contribution in [0.25, 0.3) is 0 Å². The summed E-state index contributed by atoms with van der Waals surface area (Å²) in [7, 11) is 0. The summed E-state index contributed by atoms with van der Waals surface area (Å²) in [4.78, 5) is 11.9. The maximum absolute atomic E-state index is 13.1. The number of hydrogen-bond donors (Lipinski definition) is 1. The second kappa shape index (κ2) is 4.54. The molecule has 4 heteroatoms. The van der Waals surface area contributed by atoms with Crippen molar-refractivity contribution in [3.8, 4) is 6.07 Å². The number of nitrogens with one attached hydrogen (secondary N) is 1. The Morgan fingerprint density at radius 3 is 2.88 bits per heavy atom. The molecular weight excluding hydrogens is 219 g/mol. The van der Waals surface area contributed by atoms with Crippen LogP contribution in [0, 0.1) is 30.0 Å². The Kier molecular flexibility index (Phi) is 3.10. The molecule has 1 saturated carbocycles. The molecule has 1 aliphatic carbocycles. The van der Waals surface area contributed by atoms with Gasteiger partial charge < -0.3 is 5.32 Å². The van der Waals surface area contributed by atoms with Gasteiger partial charge in [-0.2, -0.15) is 5.26 Å². The van der Waals surface area contributed by atoms with E-state index in [1.165, 1.54) is 12.1 Å². The molecule has 0 radical (unpaired) electrons. The summed E-state index contributed by atoms with van der Waals surface area (Å²) in [6.45, 7) is 1.74. The highest BCUT2D eigenvalue weighted by Crippen LogP contribution is 2.32. The molecule has 0 aliphatic heterocycles. The number of nitrogens with zero attached hydrogens (tertiary/aromatic N) is 1. The SMILES string of the molecule is Cc1ccc(F)cc1C(=O)NC(C#N)C1CC1. The monoisotopic (exact) mass is 232 g/mol. The summed E-state index contributed by atoms with van der Waals surface area (Å²) in [5, 5.41) is 11.6. The van der Waals surface area contributed by atoms with E-state index in [-0.39, 0.29) is 11.8 Å². The minimum atomic E-state index is -0.454. The normalized spacial score (nSPS) is 16.1. The van der Waals surface area contributed by atoms with E-state index in [4.69, 9.17) is 5.26 Å². The van der Waals surface area contributed by atoms with Crippen molar-refractivity contribution in [3.05, 3.63) is 35.1 Å². The molecule has 1 aromatic rings. The minimum absolute atomic E-state index is 0.262. The fourth-order valence-corrected chi connectivity index (χ4v) is 1.74. The summed E-state index contributed by atoms with van der Waals surface area (Å²) in [5.74, 6) is -0.557. The van der Waals surface area contributed by atoms with Gasteiger partial charge in [-0.3, -0.25) is 4.79 Å². The Morgan fingerprint density at radius 2 is 2.29 bits per heavy atom. The summed E-state index contributed by atoms with van der Waals surface area (Å²) in [6, 6.07) is 5.69.